The molecule has 2 heterocycles. The predicted octanol–water partition coefficient (Wildman–Crippen LogP) is 2.71. The Morgan fingerprint density at radius 3 is 2.50 bits per heavy atom. The van der Waals surface area contributed by atoms with Crippen LogP contribution < -0.4 is 5.32 Å². The van der Waals surface area contributed by atoms with Gasteiger partial charge in [-0.2, -0.15) is 0 Å². The molecule has 122 valence electrons. The van der Waals surface area contributed by atoms with Gasteiger partial charge in [-0.25, -0.2) is 4.39 Å². The molecule has 0 unspecified atom stereocenters. The van der Waals surface area contributed by atoms with E-state index in [4.69, 9.17) is 0 Å². The van der Waals surface area contributed by atoms with Crippen molar-refractivity contribution in [2.75, 3.05) is 45.8 Å². The van der Waals surface area contributed by atoms with Crippen LogP contribution in [-0.4, -0.2) is 55.6 Å². The first-order chi connectivity index (χ1) is 10.7. The average Bonchev–Trinajstić information content (AvgIpc) is 2.54. The summed E-state index contributed by atoms with van der Waals surface area (Å²) in [5.74, 6) is 0.760. The third-order valence-corrected chi connectivity index (χ3v) is 5.34. The van der Waals surface area contributed by atoms with Crippen molar-refractivity contribution in [3.63, 3.8) is 0 Å². The molecule has 0 aliphatic carbocycles. The molecule has 0 atom stereocenters. The first-order valence-electron chi connectivity index (χ1n) is 8.30. The van der Waals surface area contributed by atoms with Gasteiger partial charge < -0.3 is 10.2 Å². The standard InChI is InChI=1S/C17H25BrFN3/c18-16-1-2-17(19)15(11-16)13-22-9-7-21(8-10-22)12-14-3-5-20-6-4-14/h1-2,11,14,20H,3-10,12-13H2. The second kappa shape index (κ2) is 7.86. The summed E-state index contributed by atoms with van der Waals surface area (Å²) in [6.45, 7) is 8.60. The summed E-state index contributed by atoms with van der Waals surface area (Å²) < 4.78 is 14.8. The molecule has 0 spiro atoms. The molecule has 0 bridgehead atoms. The lowest BCUT2D eigenvalue weighted by Crippen LogP contribution is -2.48. The molecule has 3 rings (SSSR count). The molecule has 3 nitrogen and oxygen atoms in total. The lowest BCUT2D eigenvalue weighted by atomic mass is 9.97. The number of rotatable bonds is 4. The molecule has 0 amide bonds. The summed E-state index contributed by atoms with van der Waals surface area (Å²) >= 11 is 3.43. The van der Waals surface area contributed by atoms with E-state index in [1.807, 2.05) is 6.07 Å². The van der Waals surface area contributed by atoms with Crippen LogP contribution in [0.1, 0.15) is 18.4 Å². The Labute approximate surface area is 141 Å². The van der Waals surface area contributed by atoms with E-state index in [1.54, 1.807) is 12.1 Å². The van der Waals surface area contributed by atoms with E-state index >= 15 is 0 Å². The van der Waals surface area contributed by atoms with Crippen molar-refractivity contribution in [3.05, 3.63) is 34.1 Å². The summed E-state index contributed by atoms with van der Waals surface area (Å²) in [7, 11) is 0. The van der Waals surface area contributed by atoms with E-state index in [1.165, 1.54) is 32.5 Å². The van der Waals surface area contributed by atoms with Crippen molar-refractivity contribution in [1.29, 1.82) is 0 Å². The van der Waals surface area contributed by atoms with Crippen LogP contribution in [0, 0.1) is 11.7 Å². The highest BCUT2D eigenvalue weighted by Crippen LogP contribution is 2.19. The molecular formula is C17H25BrFN3. The molecule has 0 radical (unpaired) electrons. The maximum Gasteiger partial charge on any atom is 0.127 e. The molecule has 2 aliphatic rings. The third kappa shape index (κ3) is 4.51. The molecule has 0 saturated carbocycles. The van der Waals surface area contributed by atoms with Gasteiger partial charge in [0.15, 0.2) is 0 Å². The maximum atomic E-state index is 13.8. The Kier molecular flexibility index (Phi) is 5.85. The minimum Gasteiger partial charge on any atom is -0.317 e. The van der Waals surface area contributed by atoms with Crippen LogP contribution in [0.5, 0.6) is 0 Å². The van der Waals surface area contributed by atoms with Crippen LogP contribution in [0.15, 0.2) is 22.7 Å². The fourth-order valence-electron chi connectivity index (χ4n) is 3.46. The minimum atomic E-state index is -0.0969. The zero-order valence-electron chi connectivity index (χ0n) is 13.0. The SMILES string of the molecule is Fc1ccc(Br)cc1CN1CCN(CC2CCNCC2)CC1. The van der Waals surface area contributed by atoms with Crippen LogP contribution in [-0.2, 0) is 6.54 Å². The maximum absolute atomic E-state index is 13.8. The van der Waals surface area contributed by atoms with Gasteiger partial charge in [0.2, 0.25) is 0 Å². The van der Waals surface area contributed by atoms with Crippen molar-refractivity contribution in [2.45, 2.75) is 19.4 Å². The number of nitrogens with one attached hydrogen (secondary N) is 1. The van der Waals surface area contributed by atoms with E-state index in [9.17, 15) is 4.39 Å². The van der Waals surface area contributed by atoms with E-state index < -0.39 is 0 Å². The zero-order valence-corrected chi connectivity index (χ0v) is 14.6. The van der Waals surface area contributed by atoms with Crippen molar-refractivity contribution in [1.82, 2.24) is 15.1 Å². The molecule has 5 heteroatoms. The van der Waals surface area contributed by atoms with Crippen molar-refractivity contribution >= 4 is 15.9 Å². The molecule has 1 N–H and O–H groups in total. The minimum absolute atomic E-state index is 0.0969. The first kappa shape index (κ1) is 16.4. The molecule has 1 aromatic carbocycles. The Bertz CT molecular complexity index is 483. The summed E-state index contributed by atoms with van der Waals surface area (Å²) in [5, 5.41) is 3.43. The van der Waals surface area contributed by atoms with Crippen molar-refractivity contribution in [2.24, 2.45) is 5.92 Å². The largest absolute Gasteiger partial charge is 0.317 e. The van der Waals surface area contributed by atoms with Crippen LogP contribution in [0.25, 0.3) is 0 Å². The van der Waals surface area contributed by atoms with Crippen LogP contribution in [0.3, 0.4) is 0 Å². The molecular weight excluding hydrogens is 345 g/mol. The Hall–Kier alpha value is -0.490. The molecule has 22 heavy (non-hydrogen) atoms. The summed E-state index contributed by atoms with van der Waals surface area (Å²) in [6.07, 6.45) is 2.62. The van der Waals surface area contributed by atoms with Gasteiger partial charge in [0.05, 0.1) is 0 Å². The predicted molar refractivity (Wildman–Crippen MR) is 91.4 cm³/mol. The van der Waals surface area contributed by atoms with E-state index in [-0.39, 0.29) is 5.82 Å². The van der Waals surface area contributed by atoms with Crippen LogP contribution in [0.2, 0.25) is 0 Å². The fraction of sp³-hybridized carbons (Fsp3) is 0.647. The van der Waals surface area contributed by atoms with Gasteiger partial charge in [-0.15, -0.1) is 0 Å². The summed E-state index contributed by atoms with van der Waals surface area (Å²) in [4.78, 5) is 4.95. The van der Waals surface area contributed by atoms with Gasteiger partial charge in [-0.3, -0.25) is 4.90 Å². The highest BCUT2D eigenvalue weighted by atomic mass is 79.9. The number of benzene rings is 1. The Morgan fingerprint density at radius 2 is 1.77 bits per heavy atom. The van der Waals surface area contributed by atoms with Crippen LogP contribution >= 0.6 is 15.9 Å². The molecule has 0 aromatic heterocycles. The highest BCUT2D eigenvalue weighted by Gasteiger charge is 2.21. The van der Waals surface area contributed by atoms with E-state index in [0.29, 0.717) is 6.54 Å². The number of hydrogen-bond acceptors (Lipinski definition) is 3. The van der Waals surface area contributed by atoms with E-state index in [2.05, 4.69) is 31.0 Å². The van der Waals surface area contributed by atoms with Gasteiger partial charge in [0.1, 0.15) is 5.82 Å². The number of piperidine rings is 1. The second-order valence-electron chi connectivity index (χ2n) is 6.51. The summed E-state index contributed by atoms with van der Waals surface area (Å²) in [6, 6.07) is 5.21. The number of piperazine rings is 1. The number of halogens is 2. The quantitative estimate of drug-likeness (QED) is 0.879. The zero-order chi connectivity index (χ0) is 15.4. The molecule has 1 aromatic rings. The smallest absolute Gasteiger partial charge is 0.127 e. The van der Waals surface area contributed by atoms with Gasteiger partial charge in [0, 0.05) is 49.3 Å². The lowest BCUT2D eigenvalue weighted by molar-refractivity contribution is 0.106. The van der Waals surface area contributed by atoms with Gasteiger partial charge in [-0.05, 0) is 50.0 Å². The number of nitrogens with zero attached hydrogens (tertiary/aromatic N) is 2. The first-order valence-corrected chi connectivity index (χ1v) is 9.09. The topological polar surface area (TPSA) is 18.5 Å². The lowest BCUT2D eigenvalue weighted by Gasteiger charge is -2.37. The van der Waals surface area contributed by atoms with Crippen LogP contribution in [0.4, 0.5) is 4.39 Å². The highest BCUT2D eigenvalue weighted by molar-refractivity contribution is 9.10. The fourth-order valence-corrected chi connectivity index (χ4v) is 3.87. The van der Waals surface area contributed by atoms with Crippen molar-refractivity contribution in [3.8, 4) is 0 Å². The average molecular weight is 370 g/mol. The summed E-state index contributed by atoms with van der Waals surface area (Å²) in [5.41, 5.74) is 0.793. The Morgan fingerprint density at radius 1 is 1.09 bits per heavy atom. The molecule has 2 saturated heterocycles. The normalized spacial score (nSPS) is 22.1. The number of hydrogen-bond donors (Lipinski definition) is 1. The van der Waals surface area contributed by atoms with Gasteiger partial charge >= 0.3 is 0 Å². The van der Waals surface area contributed by atoms with Gasteiger partial charge in [-0.1, -0.05) is 15.9 Å². The molecule has 2 fully saturated rings. The Balaban J connectivity index is 1.46. The monoisotopic (exact) mass is 369 g/mol. The van der Waals surface area contributed by atoms with Crippen molar-refractivity contribution < 1.29 is 4.39 Å². The molecule has 2 aliphatic heterocycles. The van der Waals surface area contributed by atoms with Gasteiger partial charge in [0.25, 0.3) is 0 Å². The third-order valence-electron chi connectivity index (χ3n) is 4.84. The van der Waals surface area contributed by atoms with E-state index in [0.717, 1.165) is 42.1 Å². The second-order valence-corrected chi connectivity index (χ2v) is 7.42.